The van der Waals surface area contributed by atoms with Crippen LogP contribution in [-0.2, 0) is 0 Å². The van der Waals surface area contributed by atoms with E-state index in [2.05, 4.69) is 46.8 Å². The Balaban J connectivity index is 4.42. The summed E-state index contributed by atoms with van der Waals surface area (Å²) < 4.78 is 0. The van der Waals surface area contributed by atoms with Crippen LogP contribution in [-0.4, -0.2) is 5.25 Å². The number of hydrogen-bond donors (Lipinski definition) is 0. The van der Waals surface area contributed by atoms with Crippen molar-refractivity contribution in [3.8, 4) is 0 Å². The maximum absolute atomic E-state index is 2.33. The van der Waals surface area contributed by atoms with Gasteiger partial charge >= 0.3 is 0 Å². The molecule has 0 saturated carbocycles. The molecule has 0 aromatic rings. The van der Waals surface area contributed by atoms with E-state index < -0.39 is 0 Å². The SMILES string of the molecule is CC/C=C(C)\C(=C\CC)SC(C)C. The highest BCUT2D eigenvalue weighted by Gasteiger charge is 2.02. The molecular weight excluding hydrogens is 176 g/mol. The molecule has 13 heavy (non-hydrogen) atoms. The molecule has 0 bridgehead atoms. The molecule has 0 aromatic carbocycles. The third-order valence-corrected chi connectivity index (χ3v) is 2.87. The van der Waals surface area contributed by atoms with Gasteiger partial charge in [-0.1, -0.05) is 39.8 Å². The minimum Gasteiger partial charge on any atom is -0.123 e. The monoisotopic (exact) mass is 198 g/mol. The molecule has 0 amide bonds. The molecule has 0 aliphatic heterocycles. The van der Waals surface area contributed by atoms with Crippen LogP contribution in [0.4, 0.5) is 0 Å². The van der Waals surface area contributed by atoms with Crippen molar-refractivity contribution in [2.24, 2.45) is 0 Å². The molecule has 0 N–H and O–H groups in total. The molecule has 0 atom stereocenters. The lowest BCUT2D eigenvalue weighted by molar-refractivity contribution is 1.11. The van der Waals surface area contributed by atoms with Gasteiger partial charge in [0.25, 0.3) is 0 Å². The Bertz CT molecular complexity index is 187. The lowest BCUT2D eigenvalue weighted by Gasteiger charge is -2.10. The third kappa shape index (κ3) is 5.98. The topological polar surface area (TPSA) is 0 Å². The van der Waals surface area contributed by atoms with Gasteiger partial charge in [-0.25, -0.2) is 0 Å². The molecule has 0 unspecified atom stereocenters. The first-order chi connectivity index (χ1) is 6.11. The first-order valence-electron chi connectivity index (χ1n) is 5.15. The maximum atomic E-state index is 2.33. The van der Waals surface area contributed by atoms with Gasteiger partial charge in [-0.05, 0) is 25.3 Å². The van der Waals surface area contributed by atoms with Gasteiger partial charge in [0.05, 0.1) is 0 Å². The average Bonchev–Trinajstić information content (AvgIpc) is 2.03. The van der Waals surface area contributed by atoms with Gasteiger partial charge in [0, 0.05) is 10.2 Å². The molecule has 0 radical (unpaired) electrons. The van der Waals surface area contributed by atoms with Crippen molar-refractivity contribution in [2.75, 3.05) is 0 Å². The summed E-state index contributed by atoms with van der Waals surface area (Å²) in [6.45, 7) is 11.1. The predicted molar refractivity (Wildman–Crippen MR) is 65.1 cm³/mol. The van der Waals surface area contributed by atoms with Gasteiger partial charge in [-0.3, -0.25) is 0 Å². The van der Waals surface area contributed by atoms with Crippen LogP contribution in [0.3, 0.4) is 0 Å². The first kappa shape index (κ1) is 12.8. The van der Waals surface area contributed by atoms with E-state index in [1.165, 1.54) is 10.5 Å². The molecule has 0 rings (SSSR count). The van der Waals surface area contributed by atoms with Crippen LogP contribution < -0.4 is 0 Å². The summed E-state index contributed by atoms with van der Waals surface area (Å²) in [6, 6.07) is 0. The first-order valence-corrected chi connectivity index (χ1v) is 6.03. The fourth-order valence-electron chi connectivity index (χ4n) is 1.15. The normalized spacial score (nSPS) is 14.0. The van der Waals surface area contributed by atoms with Crippen molar-refractivity contribution < 1.29 is 0 Å². The summed E-state index contributed by atoms with van der Waals surface area (Å²) in [4.78, 5) is 1.46. The third-order valence-electron chi connectivity index (χ3n) is 1.65. The fraction of sp³-hybridized carbons (Fsp3) is 0.667. The lowest BCUT2D eigenvalue weighted by Crippen LogP contribution is -1.90. The summed E-state index contributed by atoms with van der Waals surface area (Å²) in [5, 5.41) is 0.679. The predicted octanol–water partition coefficient (Wildman–Crippen LogP) is 4.78. The minimum absolute atomic E-state index is 0.679. The molecule has 0 aromatic heterocycles. The lowest BCUT2D eigenvalue weighted by atomic mass is 10.2. The molecule has 0 saturated heterocycles. The molecule has 0 fully saturated rings. The Labute approximate surface area is 87.5 Å². The Hall–Kier alpha value is -0.170. The van der Waals surface area contributed by atoms with E-state index in [0.29, 0.717) is 5.25 Å². The zero-order chi connectivity index (χ0) is 10.3. The van der Waals surface area contributed by atoms with E-state index in [0.717, 1.165) is 12.8 Å². The molecule has 0 aliphatic carbocycles. The highest BCUT2D eigenvalue weighted by Crippen LogP contribution is 2.28. The van der Waals surface area contributed by atoms with Gasteiger partial charge in [-0.15, -0.1) is 11.8 Å². The highest BCUT2D eigenvalue weighted by molar-refractivity contribution is 8.03. The zero-order valence-corrected chi connectivity index (χ0v) is 10.4. The molecule has 0 aliphatic rings. The number of hydrogen-bond acceptors (Lipinski definition) is 1. The summed E-state index contributed by atoms with van der Waals surface area (Å²) in [5.41, 5.74) is 1.43. The van der Waals surface area contributed by atoms with Crippen molar-refractivity contribution in [3.63, 3.8) is 0 Å². The summed E-state index contributed by atoms with van der Waals surface area (Å²) in [7, 11) is 0. The Morgan fingerprint density at radius 3 is 2.08 bits per heavy atom. The average molecular weight is 198 g/mol. The van der Waals surface area contributed by atoms with Crippen LogP contribution in [0.15, 0.2) is 22.6 Å². The second kappa shape index (κ2) is 7.25. The van der Waals surface area contributed by atoms with Gasteiger partial charge < -0.3 is 0 Å². The van der Waals surface area contributed by atoms with Crippen molar-refractivity contribution in [2.45, 2.75) is 52.7 Å². The molecule has 0 spiro atoms. The van der Waals surface area contributed by atoms with Crippen LogP contribution in [0.1, 0.15) is 47.5 Å². The van der Waals surface area contributed by atoms with Crippen LogP contribution in [0, 0.1) is 0 Å². The molecule has 1 heteroatoms. The minimum atomic E-state index is 0.679. The van der Waals surface area contributed by atoms with Crippen molar-refractivity contribution in [1.82, 2.24) is 0 Å². The quantitative estimate of drug-likeness (QED) is 0.573. The summed E-state index contributed by atoms with van der Waals surface area (Å²) in [5.74, 6) is 0. The van der Waals surface area contributed by atoms with Gasteiger partial charge in [-0.2, -0.15) is 0 Å². The number of allylic oxidation sites excluding steroid dienone is 3. The maximum Gasteiger partial charge on any atom is 0.00606 e. The zero-order valence-electron chi connectivity index (χ0n) is 9.55. The van der Waals surface area contributed by atoms with Crippen molar-refractivity contribution in [1.29, 1.82) is 0 Å². The molecule has 76 valence electrons. The van der Waals surface area contributed by atoms with Crippen LogP contribution in [0.25, 0.3) is 0 Å². The summed E-state index contributed by atoms with van der Waals surface area (Å²) in [6.07, 6.45) is 6.89. The Morgan fingerprint density at radius 2 is 1.69 bits per heavy atom. The standard InChI is InChI=1S/C12H22S/c1-6-8-11(5)12(9-7-2)13-10(3)4/h8-10H,6-7H2,1-5H3/b11-8-,12-9-. The van der Waals surface area contributed by atoms with Gasteiger partial charge in [0.15, 0.2) is 0 Å². The van der Waals surface area contributed by atoms with E-state index >= 15 is 0 Å². The molecule has 0 heterocycles. The van der Waals surface area contributed by atoms with E-state index in [4.69, 9.17) is 0 Å². The highest BCUT2D eigenvalue weighted by atomic mass is 32.2. The number of thioether (sulfide) groups is 1. The number of rotatable bonds is 5. The van der Waals surface area contributed by atoms with Crippen molar-refractivity contribution in [3.05, 3.63) is 22.6 Å². The van der Waals surface area contributed by atoms with Crippen LogP contribution >= 0.6 is 11.8 Å². The van der Waals surface area contributed by atoms with Crippen molar-refractivity contribution >= 4 is 11.8 Å². The van der Waals surface area contributed by atoms with E-state index in [-0.39, 0.29) is 0 Å². The summed E-state index contributed by atoms with van der Waals surface area (Å²) >= 11 is 1.96. The Kier molecular flexibility index (Phi) is 7.16. The van der Waals surface area contributed by atoms with Crippen LogP contribution in [0.2, 0.25) is 0 Å². The van der Waals surface area contributed by atoms with Crippen LogP contribution in [0.5, 0.6) is 0 Å². The second-order valence-corrected chi connectivity index (χ2v) is 5.06. The van der Waals surface area contributed by atoms with E-state index in [1.54, 1.807) is 0 Å². The van der Waals surface area contributed by atoms with Gasteiger partial charge in [0.1, 0.15) is 0 Å². The largest absolute Gasteiger partial charge is 0.123 e. The van der Waals surface area contributed by atoms with E-state index in [9.17, 15) is 0 Å². The smallest absolute Gasteiger partial charge is 0.00606 e. The fourth-order valence-corrected chi connectivity index (χ4v) is 2.19. The molecular formula is C12H22S. The van der Waals surface area contributed by atoms with Gasteiger partial charge in [0.2, 0.25) is 0 Å². The molecule has 0 nitrogen and oxygen atoms in total. The Morgan fingerprint density at radius 1 is 1.15 bits per heavy atom. The van der Waals surface area contributed by atoms with E-state index in [1.807, 2.05) is 11.8 Å². The second-order valence-electron chi connectivity index (χ2n) is 3.44.